The Balaban J connectivity index is 4.22. The van der Waals surface area contributed by atoms with Gasteiger partial charge in [0.1, 0.15) is 13.2 Å². The zero-order chi connectivity index (χ0) is 46.8. The standard InChI is InChI=1S/C58H112O6/c1-6-9-10-11-12-13-14-15-16-17-18-19-23-26-29-32-38-43-48-56(59)62-51-55(64-58(61)50-45-40-35-34-37-42-47-54(5)8-3)52-63-57(60)49-44-39-33-30-27-24-21-20-22-25-28-31-36-41-46-53(4)7-2/h53-55H,6-52H2,1-5H3/t53?,54?,55-/m1/s1. The molecular formula is C58H112O6. The van der Waals surface area contributed by atoms with E-state index >= 15 is 0 Å². The lowest BCUT2D eigenvalue weighted by Crippen LogP contribution is -2.30. The Bertz CT molecular complexity index is 982. The molecule has 0 fully saturated rings. The fraction of sp³-hybridized carbons (Fsp3) is 0.948. The van der Waals surface area contributed by atoms with Gasteiger partial charge in [0.2, 0.25) is 0 Å². The van der Waals surface area contributed by atoms with Crippen LogP contribution in [0.4, 0.5) is 0 Å². The number of carbonyl (C=O) groups excluding carboxylic acids is 3. The molecule has 380 valence electrons. The van der Waals surface area contributed by atoms with Crippen LogP contribution in [-0.4, -0.2) is 37.2 Å². The molecule has 6 nitrogen and oxygen atoms in total. The Morgan fingerprint density at radius 2 is 0.547 bits per heavy atom. The third kappa shape index (κ3) is 48.3. The van der Waals surface area contributed by atoms with Gasteiger partial charge < -0.3 is 14.2 Å². The van der Waals surface area contributed by atoms with E-state index in [4.69, 9.17) is 14.2 Å². The average molecular weight is 906 g/mol. The average Bonchev–Trinajstić information content (AvgIpc) is 3.29. The largest absolute Gasteiger partial charge is 0.462 e. The van der Waals surface area contributed by atoms with E-state index in [0.717, 1.165) is 69.6 Å². The van der Waals surface area contributed by atoms with Gasteiger partial charge in [-0.3, -0.25) is 14.4 Å². The molecule has 64 heavy (non-hydrogen) atoms. The molecule has 0 aromatic carbocycles. The van der Waals surface area contributed by atoms with Crippen LogP contribution >= 0.6 is 0 Å². The summed E-state index contributed by atoms with van der Waals surface area (Å²) in [4.78, 5) is 38.1. The van der Waals surface area contributed by atoms with Crippen LogP contribution in [0.1, 0.15) is 324 Å². The molecule has 0 radical (unpaired) electrons. The molecule has 0 rings (SSSR count). The lowest BCUT2D eigenvalue weighted by molar-refractivity contribution is -0.167. The number of ether oxygens (including phenoxy) is 3. The van der Waals surface area contributed by atoms with Crippen LogP contribution < -0.4 is 0 Å². The summed E-state index contributed by atoms with van der Waals surface area (Å²) in [5, 5.41) is 0. The minimum atomic E-state index is -0.763. The fourth-order valence-electron chi connectivity index (χ4n) is 8.81. The zero-order valence-corrected chi connectivity index (χ0v) is 43.9. The van der Waals surface area contributed by atoms with Crippen molar-refractivity contribution in [1.82, 2.24) is 0 Å². The van der Waals surface area contributed by atoms with Gasteiger partial charge in [-0.1, -0.05) is 285 Å². The second kappa shape index (κ2) is 50.8. The fourth-order valence-corrected chi connectivity index (χ4v) is 8.81. The summed E-state index contributed by atoms with van der Waals surface area (Å²) in [6.45, 7) is 11.4. The van der Waals surface area contributed by atoms with Crippen LogP contribution in [0.3, 0.4) is 0 Å². The van der Waals surface area contributed by atoms with Gasteiger partial charge in [-0.15, -0.1) is 0 Å². The summed E-state index contributed by atoms with van der Waals surface area (Å²) in [6.07, 6.45) is 53.8. The van der Waals surface area contributed by atoms with Gasteiger partial charge in [0.25, 0.3) is 0 Å². The molecule has 3 atom stereocenters. The topological polar surface area (TPSA) is 78.9 Å². The smallest absolute Gasteiger partial charge is 0.306 e. The zero-order valence-electron chi connectivity index (χ0n) is 43.9. The van der Waals surface area contributed by atoms with Crippen molar-refractivity contribution in [1.29, 1.82) is 0 Å². The van der Waals surface area contributed by atoms with E-state index in [0.29, 0.717) is 19.3 Å². The second-order valence-electron chi connectivity index (χ2n) is 20.4. The summed E-state index contributed by atoms with van der Waals surface area (Å²) in [5.74, 6) is 0.861. The first kappa shape index (κ1) is 62.4. The van der Waals surface area contributed by atoms with Gasteiger partial charge in [0, 0.05) is 19.3 Å². The van der Waals surface area contributed by atoms with E-state index < -0.39 is 6.10 Å². The van der Waals surface area contributed by atoms with Crippen molar-refractivity contribution in [3.8, 4) is 0 Å². The predicted molar refractivity (Wildman–Crippen MR) is 275 cm³/mol. The Kier molecular flexibility index (Phi) is 49.6. The SMILES string of the molecule is CCCCCCCCCCCCCCCCCCCCC(=O)OC[C@H](COC(=O)CCCCCCCCCCCCCCCCC(C)CC)OC(=O)CCCCCCCCC(C)CC. The van der Waals surface area contributed by atoms with Gasteiger partial charge in [-0.25, -0.2) is 0 Å². The normalized spacial score (nSPS) is 12.9. The number of rotatable bonds is 52. The first-order chi connectivity index (χ1) is 31.3. The molecule has 0 aromatic heterocycles. The van der Waals surface area contributed by atoms with Gasteiger partial charge in [-0.05, 0) is 31.1 Å². The number of hydrogen-bond acceptors (Lipinski definition) is 6. The monoisotopic (exact) mass is 905 g/mol. The van der Waals surface area contributed by atoms with Gasteiger partial charge in [0.05, 0.1) is 0 Å². The quantitative estimate of drug-likeness (QED) is 0.0344. The summed E-state index contributed by atoms with van der Waals surface area (Å²) < 4.78 is 16.9. The van der Waals surface area contributed by atoms with E-state index in [1.54, 1.807) is 0 Å². The maximum absolute atomic E-state index is 12.8. The Hall–Kier alpha value is -1.59. The summed E-state index contributed by atoms with van der Waals surface area (Å²) in [7, 11) is 0. The molecule has 0 amide bonds. The molecule has 0 aliphatic heterocycles. The molecule has 0 saturated heterocycles. The highest BCUT2D eigenvalue weighted by Gasteiger charge is 2.19. The van der Waals surface area contributed by atoms with Crippen LogP contribution in [0, 0.1) is 11.8 Å². The lowest BCUT2D eigenvalue weighted by atomic mass is 9.99. The summed E-state index contributed by atoms with van der Waals surface area (Å²) in [6, 6.07) is 0. The Morgan fingerprint density at radius 1 is 0.312 bits per heavy atom. The highest BCUT2D eigenvalue weighted by Crippen LogP contribution is 2.19. The minimum Gasteiger partial charge on any atom is -0.462 e. The molecule has 0 aliphatic rings. The van der Waals surface area contributed by atoms with Crippen molar-refractivity contribution >= 4 is 17.9 Å². The molecule has 0 aliphatic carbocycles. The maximum atomic E-state index is 12.8. The Labute approximate surface area is 399 Å². The summed E-state index contributed by atoms with van der Waals surface area (Å²) >= 11 is 0. The number of carbonyl (C=O) groups is 3. The molecule has 6 heteroatoms. The van der Waals surface area contributed by atoms with Crippen molar-refractivity contribution in [3.63, 3.8) is 0 Å². The molecule has 2 unspecified atom stereocenters. The molecule has 0 bridgehead atoms. The van der Waals surface area contributed by atoms with Gasteiger partial charge in [0.15, 0.2) is 6.10 Å². The first-order valence-electron chi connectivity index (χ1n) is 28.8. The van der Waals surface area contributed by atoms with Crippen LogP contribution in [0.5, 0.6) is 0 Å². The van der Waals surface area contributed by atoms with E-state index in [1.807, 2.05) is 0 Å². The number of unbranched alkanes of at least 4 members (excludes halogenated alkanes) is 35. The first-order valence-corrected chi connectivity index (χ1v) is 28.8. The van der Waals surface area contributed by atoms with Crippen molar-refractivity contribution < 1.29 is 28.6 Å². The molecule has 0 heterocycles. The van der Waals surface area contributed by atoms with E-state index in [1.165, 1.54) is 212 Å². The maximum Gasteiger partial charge on any atom is 0.306 e. The van der Waals surface area contributed by atoms with Gasteiger partial charge in [-0.2, -0.15) is 0 Å². The predicted octanol–water partition coefficient (Wildman–Crippen LogP) is 18.9. The van der Waals surface area contributed by atoms with E-state index in [9.17, 15) is 14.4 Å². The highest BCUT2D eigenvalue weighted by atomic mass is 16.6. The minimum absolute atomic E-state index is 0.0639. The Morgan fingerprint density at radius 3 is 0.812 bits per heavy atom. The van der Waals surface area contributed by atoms with Crippen molar-refractivity contribution in [2.75, 3.05) is 13.2 Å². The molecule has 0 spiro atoms. The van der Waals surface area contributed by atoms with E-state index in [2.05, 4.69) is 34.6 Å². The number of hydrogen-bond donors (Lipinski definition) is 0. The summed E-state index contributed by atoms with van der Waals surface area (Å²) in [5.41, 5.74) is 0. The molecule has 0 aromatic rings. The van der Waals surface area contributed by atoms with Crippen LogP contribution in [0.2, 0.25) is 0 Å². The van der Waals surface area contributed by atoms with Crippen molar-refractivity contribution in [3.05, 3.63) is 0 Å². The molecular weight excluding hydrogens is 793 g/mol. The van der Waals surface area contributed by atoms with Crippen molar-refractivity contribution in [2.45, 2.75) is 330 Å². The van der Waals surface area contributed by atoms with Gasteiger partial charge >= 0.3 is 17.9 Å². The van der Waals surface area contributed by atoms with Crippen molar-refractivity contribution in [2.24, 2.45) is 11.8 Å². The van der Waals surface area contributed by atoms with Crippen LogP contribution in [0.15, 0.2) is 0 Å². The van der Waals surface area contributed by atoms with Crippen LogP contribution in [0.25, 0.3) is 0 Å². The second-order valence-corrected chi connectivity index (χ2v) is 20.4. The third-order valence-corrected chi connectivity index (χ3v) is 13.9. The highest BCUT2D eigenvalue weighted by molar-refractivity contribution is 5.71. The molecule has 0 N–H and O–H groups in total. The van der Waals surface area contributed by atoms with E-state index in [-0.39, 0.29) is 31.1 Å². The number of esters is 3. The third-order valence-electron chi connectivity index (χ3n) is 13.9. The lowest BCUT2D eigenvalue weighted by Gasteiger charge is -2.18. The molecule has 0 saturated carbocycles. The van der Waals surface area contributed by atoms with Crippen LogP contribution in [-0.2, 0) is 28.6 Å².